The Balaban J connectivity index is 1.21. The summed E-state index contributed by atoms with van der Waals surface area (Å²) in [5.74, 6) is 0.658. The van der Waals surface area contributed by atoms with Crippen molar-refractivity contribution in [2.45, 2.75) is 18.2 Å². The first-order valence-electron chi connectivity index (χ1n) is 10.8. The van der Waals surface area contributed by atoms with Gasteiger partial charge in [-0.1, -0.05) is 66.4 Å². The zero-order chi connectivity index (χ0) is 22.5. The first-order valence-corrected chi connectivity index (χ1v) is 11.8. The van der Waals surface area contributed by atoms with Crippen molar-refractivity contribution in [3.63, 3.8) is 0 Å². The molecule has 0 radical (unpaired) electrons. The Morgan fingerprint density at radius 2 is 1.67 bits per heavy atom. The lowest BCUT2D eigenvalue weighted by Crippen LogP contribution is -2.16. The summed E-state index contributed by atoms with van der Waals surface area (Å²) < 4.78 is 18.0. The van der Waals surface area contributed by atoms with E-state index >= 15 is 0 Å². The van der Waals surface area contributed by atoms with Gasteiger partial charge < -0.3 is 9.88 Å². The summed E-state index contributed by atoms with van der Waals surface area (Å²) in [6, 6.07) is 25.1. The van der Waals surface area contributed by atoms with Crippen molar-refractivity contribution in [2.75, 3.05) is 12.3 Å². The third-order valence-electron chi connectivity index (χ3n) is 5.44. The maximum Gasteiger partial charge on any atom is 0.214 e. The van der Waals surface area contributed by atoms with Gasteiger partial charge in [0.25, 0.3) is 0 Å². The van der Waals surface area contributed by atoms with Crippen LogP contribution in [0.15, 0.2) is 90.2 Å². The molecule has 0 aliphatic rings. The Kier molecular flexibility index (Phi) is 6.46. The molecule has 5 aromatic rings. The monoisotopic (exact) mass is 458 g/mol. The number of rotatable bonds is 9. The van der Waals surface area contributed by atoms with E-state index < -0.39 is 0 Å². The number of thioether (sulfide) groups is 1. The maximum atomic E-state index is 14.2. The second-order valence-corrected chi connectivity index (χ2v) is 8.69. The Morgan fingerprint density at radius 3 is 2.55 bits per heavy atom. The molecule has 0 saturated heterocycles. The van der Waals surface area contributed by atoms with E-state index in [-0.39, 0.29) is 5.82 Å². The Hall–Kier alpha value is -3.49. The van der Waals surface area contributed by atoms with Gasteiger partial charge in [-0.25, -0.2) is 4.39 Å². The molecule has 166 valence electrons. The predicted octanol–water partition coefficient (Wildman–Crippen LogP) is 4.69. The summed E-state index contributed by atoms with van der Waals surface area (Å²) >= 11 is 1.61. The first-order chi connectivity index (χ1) is 16.3. The van der Waals surface area contributed by atoms with Crippen LogP contribution in [0.4, 0.5) is 4.39 Å². The number of fused-ring (bicyclic) bond motifs is 1. The molecule has 2 aromatic heterocycles. The molecule has 0 atom stereocenters. The summed E-state index contributed by atoms with van der Waals surface area (Å²) in [7, 11) is 0. The van der Waals surface area contributed by atoms with Crippen molar-refractivity contribution in [1.82, 2.24) is 30.1 Å². The standard InChI is InChI=1S/C25H23FN6S/c26-23-12-6-4-8-19(23)17-31-18-20(22-11-5-7-13-24(22)31)16-27-14-15-33-25-28-29-30-32(25)21-9-2-1-3-10-21/h1-13,18,27H,14-17H2. The van der Waals surface area contributed by atoms with E-state index in [0.29, 0.717) is 12.1 Å². The van der Waals surface area contributed by atoms with Crippen LogP contribution in [-0.2, 0) is 13.1 Å². The van der Waals surface area contributed by atoms with Gasteiger partial charge in [0.15, 0.2) is 0 Å². The Bertz CT molecular complexity index is 1350. The Morgan fingerprint density at radius 1 is 0.879 bits per heavy atom. The van der Waals surface area contributed by atoms with Crippen LogP contribution >= 0.6 is 11.8 Å². The maximum absolute atomic E-state index is 14.2. The number of benzene rings is 3. The van der Waals surface area contributed by atoms with E-state index in [9.17, 15) is 4.39 Å². The fraction of sp³-hybridized carbons (Fsp3) is 0.160. The highest BCUT2D eigenvalue weighted by molar-refractivity contribution is 7.99. The van der Waals surface area contributed by atoms with Crippen LogP contribution in [0.25, 0.3) is 16.6 Å². The molecule has 2 heterocycles. The van der Waals surface area contributed by atoms with Gasteiger partial charge in [0, 0.05) is 41.5 Å². The smallest absolute Gasteiger partial charge is 0.214 e. The second-order valence-electron chi connectivity index (χ2n) is 7.62. The van der Waals surface area contributed by atoms with Crippen LogP contribution < -0.4 is 5.32 Å². The zero-order valence-electron chi connectivity index (χ0n) is 17.9. The van der Waals surface area contributed by atoms with Gasteiger partial charge in [-0.05, 0) is 40.3 Å². The van der Waals surface area contributed by atoms with E-state index in [4.69, 9.17) is 0 Å². The van der Waals surface area contributed by atoms with Gasteiger partial charge >= 0.3 is 0 Å². The van der Waals surface area contributed by atoms with Crippen LogP contribution in [0.3, 0.4) is 0 Å². The van der Waals surface area contributed by atoms with Crippen LogP contribution in [0, 0.1) is 5.82 Å². The lowest BCUT2D eigenvalue weighted by molar-refractivity contribution is 0.601. The number of halogens is 1. The summed E-state index contributed by atoms with van der Waals surface area (Å²) in [5.41, 5.74) is 3.93. The van der Waals surface area contributed by atoms with Gasteiger partial charge in [-0.3, -0.25) is 0 Å². The molecule has 3 aromatic carbocycles. The van der Waals surface area contributed by atoms with Gasteiger partial charge in [0.1, 0.15) is 5.82 Å². The molecular weight excluding hydrogens is 435 g/mol. The van der Waals surface area contributed by atoms with Crippen molar-refractivity contribution in [2.24, 2.45) is 0 Å². The molecule has 5 rings (SSSR count). The summed E-state index contributed by atoms with van der Waals surface area (Å²) in [5, 5.41) is 17.5. The van der Waals surface area contributed by atoms with Crippen molar-refractivity contribution in [3.8, 4) is 5.69 Å². The van der Waals surface area contributed by atoms with Crippen LogP contribution in [0.2, 0.25) is 0 Å². The van der Waals surface area contributed by atoms with E-state index in [1.165, 1.54) is 17.0 Å². The lowest BCUT2D eigenvalue weighted by Gasteiger charge is -2.06. The molecule has 6 nitrogen and oxygen atoms in total. The van der Waals surface area contributed by atoms with Gasteiger partial charge in [0.2, 0.25) is 5.16 Å². The van der Waals surface area contributed by atoms with E-state index in [0.717, 1.165) is 35.2 Å². The SMILES string of the molecule is Fc1ccccc1Cn1cc(CNCCSc2nnnn2-c2ccccc2)c2ccccc21. The second kappa shape index (κ2) is 9.97. The molecule has 0 unspecified atom stereocenters. The van der Waals surface area contributed by atoms with Gasteiger partial charge in [-0.15, -0.1) is 5.10 Å². The topological polar surface area (TPSA) is 60.6 Å². The molecule has 0 aliphatic carbocycles. The molecular formula is C25H23FN6S. The molecule has 0 bridgehead atoms. The number of hydrogen-bond acceptors (Lipinski definition) is 5. The van der Waals surface area contributed by atoms with E-state index in [1.807, 2.05) is 54.6 Å². The predicted molar refractivity (Wildman–Crippen MR) is 129 cm³/mol. The Labute approximate surface area is 195 Å². The quantitative estimate of drug-likeness (QED) is 0.257. The van der Waals surface area contributed by atoms with Crippen molar-refractivity contribution < 1.29 is 4.39 Å². The lowest BCUT2D eigenvalue weighted by atomic mass is 10.2. The number of tetrazole rings is 1. The highest BCUT2D eigenvalue weighted by Gasteiger charge is 2.11. The van der Waals surface area contributed by atoms with Gasteiger partial charge in [-0.2, -0.15) is 4.68 Å². The molecule has 0 spiro atoms. The minimum absolute atomic E-state index is 0.176. The average molecular weight is 459 g/mol. The molecule has 1 N–H and O–H groups in total. The number of para-hydroxylation sites is 2. The minimum atomic E-state index is -0.176. The molecule has 0 aliphatic heterocycles. The van der Waals surface area contributed by atoms with E-state index in [1.54, 1.807) is 22.5 Å². The van der Waals surface area contributed by atoms with Crippen molar-refractivity contribution in [1.29, 1.82) is 0 Å². The fourth-order valence-electron chi connectivity index (χ4n) is 3.84. The minimum Gasteiger partial charge on any atom is -0.343 e. The average Bonchev–Trinajstić information content (AvgIpc) is 3.46. The molecule has 33 heavy (non-hydrogen) atoms. The van der Waals surface area contributed by atoms with Crippen LogP contribution in [0.1, 0.15) is 11.1 Å². The molecule has 0 amide bonds. The highest BCUT2D eigenvalue weighted by Crippen LogP contribution is 2.23. The van der Waals surface area contributed by atoms with Crippen LogP contribution in [-0.4, -0.2) is 37.1 Å². The number of aromatic nitrogens is 5. The fourth-order valence-corrected chi connectivity index (χ4v) is 4.63. The molecule has 8 heteroatoms. The first kappa shape index (κ1) is 21.4. The number of nitrogens with one attached hydrogen (secondary N) is 1. The largest absolute Gasteiger partial charge is 0.343 e. The molecule has 0 fully saturated rings. The normalized spacial score (nSPS) is 11.3. The summed E-state index contributed by atoms with van der Waals surface area (Å²) in [6.07, 6.45) is 2.12. The van der Waals surface area contributed by atoms with Crippen molar-refractivity contribution in [3.05, 3.63) is 102 Å². The van der Waals surface area contributed by atoms with Gasteiger partial charge in [0.05, 0.1) is 12.2 Å². The third-order valence-corrected chi connectivity index (χ3v) is 6.36. The van der Waals surface area contributed by atoms with Crippen molar-refractivity contribution >= 4 is 22.7 Å². The molecule has 0 saturated carbocycles. The van der Waals surface area contributed by atoms with E-state index in [2.05, 4.69) is 43.7 Å². The highest BCUT2D eigenvalue weighted by atomic mass is 32.2. The zero-order valence-corrected chi connectivity index (χ0v) is 18.8. The number of nitrogens with zero attached hydrogens (tertiary/aromatic N) is 5. The number of hydrogen-bond donors (Lipinski definition) is 1. The third kappa shape index (κ3) is 4.81. The summed E-state index contributed by atoms with van der Waals surface area (Å²) in [6.45, 7) is 2.04. The summed E-state index contributed by atoms with van der Waals surface area (Å²) in [4.78, 5) is 0. The van der Waals surface area contributed by atoms with Crippen LogP contribution in [0.5, 0.6) is 0 Å².